The molecule has 0 heterocycles. The summed E-state index contributed by atoms with van der Waals surface area (Å²) in [6, 6.07) is 0. The number of hydrogen-bond acceptors (Lipinski definition) is 1. The van der Waals surface area contributed by atoms with Crippen molar-refractivity contribution in [3.63, 3.8) is 0 Å². The van der Waals surface area contributed by atoms with Gasteiger partial charge in [0, 0.05) is 0 Å². The van der Waals surface area contributed by atoms with Gasteiger partial charge in [-0.05, 0) is 4.57 Å². The molecule has 0 saturated heterocycles. The first-order chi connectivity index (χ1) is 2.41. The Morgan fingerprint density at radius 3 is 1.67 bits per heavy atom. The van der Waals surface area contributed by atoms with Gasteiger partial charge in [-0.15, -0.1) is 0 Å². The summed E-state index contributed by atoms with van der Waals surface area (Å²) in [5.41, 5.74) is 0. The minimum atomic E-state index is -1.17. The second kappa shape index (κ2) is 36.6. The Hall–Kier alpha value is 1.06. The van der Waals surface area contributed by atoms with E-state index in [1.165, 1.54) is 0 Å². The second-order valence-corrected chi connectivity index (χ2v) is 0.274. The largest absolute Gasteiger partial charge is 1.00 e. The van der Waals surface area contributed by atoms with Crippen molar-refractivity contribution in [1.29, 1.82) is 0 Å². The molecule has 0 aromatic heterocycles. The van der Waals surface area contributed by atoms with Crippen molar-refractivity contribution in [1.82, 2.24) is 0 Å². The van der Waals surface area contributed by atoms with Crippen LogP contribution in [0.15, 0.2) is 0 Å². The molecular weight excluding hydrogens is 110 g/mol. The summed E-state index contributed by atoms with van der Waals surface area (Å²) in [4.78, 5) is 7.04. The summed E-state index contributed by atoms with van der Waals surface area (Å²) in [6.07, 6.45) is 0. The molecule has 0 aliphatic heterocycles. The Morgan fingerprint density at radius 2 is 1.67 bits per heavy atom. The van der Waals surface area contributed by atoms with Crippen molar-refractivity contribution in [2.24, 2.45) is 0 Å². The monoisotopic (exact) mass is 117 g/mol. The van der Waals surface area contributed by atoms with Gasteiger partial charge in [0.15, 0.2) is 0 Å². The first-order valence-electron chi connectivity index (χ1n) is 1.13. The van der Waals surface area contributed by atoms with Crippen LogP contribution in [-0.4, -0.2) is 4.89 Å². The maximum absolute atomic E-state index is 8.51. The molecule has 0 rings (SSSR count). The average molecular weight is 117 g/mol. The van der Waals surface area contributed by atoms with E-state index in [9.17, 15) is 0 Å². The van der Waals surface area contributed by atoms with Gasteiger partial charge in [0.2, 0.25) is 0 Å². The molecule has 0 aliphatic rings. The Balaban J connectivity index is -0.0000000275. The number of rotatable bonds is 0. The van der Waals surface area contributed by atoms with Gasteiger partial charge in [0.1, 0.15) is 0 Å². The molecule has 0 aromatic carbocycles. The average Bonchev–Trinajstić information content (AvgIpc) is 1.46. The third-order valence-electron chi connectivity index (χ3n) is 0. The fourth-order valence-electron chi connectivity index (χ4n) is 0. The van der Waals surface area contributed by atoms with Gasteiger partial charge < -0.3 is 6.92 Å². The van der Waals surface area contributed by atoms with E-state index < -0.39 is 8.69 Å². The van der Waals surface area contributed by atoms with Crippen molar-refractivity contribution in [2.75, 3.05) is 0 Å². The predicted octanol–water partition coefficient (Wildman–Crippen LogP) is -2.24. The molecule has 1 atom stereocenters. The van der Waals surface area contributed by atoms with E-state index in [0.717, 1.165) is 0 Å². The molecule has 1 unspecified atom stereocenters. The van der Waals surface area contributed by atoms with Crippen molar-refractivity contribution in [3.05, 3.63) is 6.92 Å². The molecule has 2 nitrogen and oxygen atoms in total. The Bertz CT molecular complexity index is 19.0. The maximum Gasteiger partial charge on any atom is 1.00 e. The third kappa shape index (κ3) is 74.2. The third-order valence-corrected chi connectivity index (χ3v) is 0. The molecule has 0 bridgehead atoms. The van der Waals surface area contributed by atoms with Crippen LogP contribution in [-0.2, 0) is 4.57 Å². The van der Waals surface area contributed by atoms with Gasteiger partial charge in [0.25, 0.3) is 0 Å². The zero-order valence-corrected chi connectivity index (χ0v) is 7.06. The Morgan fingerprint density at radius 1 is 1.67 bits per heavy atom. The van der Waals surface area contributed by atoms with E-state index >= 15 is 0 Å². The molecule has 0 aromatic rings. The van der Waals surface area contributed by atoms with Gasteiger partial charge in [-0.2, -0.15) is 11.8 Å². The van der Waals surface area contributed by atoms with Crippen LogP contribution in [0.5, 0.6) is 0 Å². The molecule has 0 spiro atoms. The standard InChI is InChI=1S/C2H5.Na.HO2P/c1-2;;1-3-2/h1H2,2H3;;3H/q-1;+1;/p+1. The smallest absolute Gasteiger partial charge is 0.346 e. The molecule has 32 valence electrons. The molecule has 1 N–H and O–H groups in total. The molecule has 0 aliphatic carbocycles. The van der Waals surface area contributed by atoms with Gasteiger partial charge in [-0.25, -0.2) is 0 Å². The van der Waals surface area contributed by atoms with Crippen LogP contribution in [0.2, 0.25) is 0 Å². The van der Waals surface area contributed by atoms with Crippen molar-refractivity contribution in [3.8, 4) is 0 Å². The first-order valence-corrected chi connectivity index (χ1v) is 1.99. The SMILES string of the molecule is O=[PH+]O.[CH2-]C.[Na+]. The normalized spacial score (nSPS) is 4.50. The van der Waals surface area contributed by atoms with Gasteiger partial charge in [0.05, 0.1) is 0 Å². The van der Waals surface area contributed by atoms with E-state index in [-0.39, 0.29) is 29.6 Å². The second-order valence-electron chi connectivity index (χ2n) is 0.0913. The zero-order chi connectivity index (χ0) is 4.71. The number of hydrogen-bond donors (Lipinski definition) is 1. The molecule has 4 heteroatoms. The minimum Gasteiger partial charge on any atom is -0.346 e. The van der Waals surface area contributed by atoms with Crippen LogP contribution in [0.25, 0.3) is 0 Å². The van der Waals surface area contributed by atoms with Gasteiger partial charge in [-0.3, -0.25) is 0 Å². The fraction of sp³-hybridized carbons (Fsp3) is 0.500. The first kappa shape index (κ1) is 15.7. The van der Waals surface area contributed by atoms with Crippen LogP contribution in [0.3, 0.4) is 0 Å². The van der Waals surface area contributed by atoms with Crippen LogP contribution >= 0.6 is 8.69 Å². The van der Waals surface area contributed by atoms with Crippen molar-refractivity contribution >= 4 is 8.69 Å². The van der Waals surface area contributed by atoms with E-state index in [2.05, 4.69) is 6.92 Å². The maximum atomic E-state index is 8.51. The molecule has 0 amide bonds. The van der Waals surface area contributed by atoms with Crippen LogP contribution in [0.4, 0.5) is 0 Å². The predicted molar refractivity (Wildman–Crippen MR) is 22.3 cm³/mol. The summed E-state index contributed by atoms with van der Waals surface area (Å²) in [6.45, 7) is 5.00. The summed E-state index contributed by atoms with van der Waals surface area (Å²) in [5, 5.41) is 0. The van der Waals surface area contributed by atoms with E-state index in [0.29, 0.717) is 0 Å². The minimum absolute atomic E-state index is 0. The summed E-state index contributed by atoms with van der Waals surface area (Å²) in [5.74, 6) is 0. The Kier molecular flexibility index (Phi) is 95.8. The van der Waals surface area contributed by atoms with Gasteiger partial charge >= 0.3 is 38.2 Å². The van der Waals surface area contributed by atoms with E-state index in [4.69, 9.17) is 9.46 Å². The fourth-order valence-corrected chi connectivity index (χ4v) is 0. The zero-order valence-electron chi connectivity index (χ0n) is 4.06. The van der Waals surface area contributed by atoms with Crippen molar-refractivity contribution in [2.45, 2.75) is 6.92 Å². The Labute approximate surface area is 61.5 Å². The molecule has 0 saturated carbocycles. The van der Waals surface area contributed by atoms with E-state index in [1.807, 2.05) is 0 Å². The van der Waals surface area contributed by atoms with Crippen LogP contribution in [0, 0.1) is 6.92 Å². The van der Waals surface area contributed by atoms with Crippen molar-refractivity contribution < 1.29 is 39.0 Å². The molecular formula is C2H7NaO2P+. The molecule has 6 heavy (non-hydrogen) atoms. The molecule has 0 radical (unpaired) electrons. The quantitative estimate of drug-likeness (QED) is 0.221. The topological polar surface area (TPSA) is 37.3 Å². The van der Waals surface area contributed by atoms with E-state index in [1.54, 1.807) is 6.92 Å². The summed E-state index contributed by atoms with van der Waals surface area (Å²) >= 11 is 0. The van der Waals surface area contributed by atoms with Crippen LogP contribution < -0.4 is 29.6 Å². The van der Waals surface area contributed by atoms with Gasteiger partial charge in [-0.1, -0.05) is 0 Å². The van der Waals surface area contributed by atoms with Crippen LogP contribution in [0.1, 0.15) is 6.92 Å². The summed E-state index contributed by atoms with van der Waals surface area (Å²) < 4.78 is 8.51. The molecule has 0 fully saturated rings. The summed E-state index contributed by atoms with van der Waals surface area (Å²) in [7, 11) is -1.17.